The van der Waals surface area contributed by atoms with Crippen molar-refractivity contribution in [3.05, 3.63) is 33.3 Å². The van der Waals surface area contributed by atoms with E-state index < -0.39 is 0 Å². The molecule has 1 saturated heterocycles. The Labute approximate surface area is 129 Å². The maximum Gasteiger partial charge on any atom is 0.0468 e. The molecule has 1 atom stereocenters. The van der Waals surface area contributed by atoms with E-state index in [2.05, 4.69) is 34.2 Å². The van der Waals surface area contributed by atoms with E-state index in [1.165, 1.54) is 18.4 Å². The van der Waals surface area contributed by atoms with Gasteiger partial charge in [-0.3, -0.25) is 0 Å². The fourth-order valence-electron chi connectivity index (χ4n) is 2.67. The lowest BCUT2D eigenvalue weighted by Gasteiger charge is -2.28. The summed E-state index contributed by atoms with van der Waals surface area (Å²) in [5.41, 5.74) is 1.30. The Morgan fingerprint density at radius 3 is 2.79 bits per heavy atom. The maximum absolute atomic E-state index is 6.02. The van der Waals surface area contributed by atoms with Crippen molar-refractivity contribution in [1.29, 1.82) is 0 Å². The minimum absolute atomic E-state index is 0.389. The van der Waals surface area contributed by atoms with Gasteiger partial charge in [0, 0.05) is 28.8 Å². The molecule has 0 spiro atoms. The molecule has 4 heteroatoms. The summed E-state index contributed by atoms with van der Waals surface area (Å²) in [5, 5.41) is 4.37. The van der Waals surface area contributed by atoms with E-state index in [1.807, 2.05) is 12.1 Å². The van der Waals surface area contributed by atoms with Crippen LogP contribution < -0.4 is 5.32 Å². The third-order valence-electron chi connectivity index (χ3n) is 3.70. The molecule has 1 aliphatic heterocycles. The zero-order chi connectivity index (χ0) is 13.7. The Bertz CT molecular complexity index is 407. The molecule has 2 nitrogen and oxygen atoms in total. The summed E-state index contributed by atoms with van der Waals surface area (Å²) >= 11 is 9.66. The fraction of sp³-hybridized carbons (Fsp3) is 0.600. The number of benzene rings is 1. The summed E-state index contributed by atoms with van der Waals surface area (Å²) in [6.45, 7) is 4.94. The molecule has 0 saturated carbocycles. The van der Waals surface area contributed by atoms with E-state index >= 15 is 0 Å². The highest BCUT2D eigenvalue weighted by molar-refractivity contribution is 9.10. The van der Waals surface area contributed by atoms with Gasteiger partial charge in [-0.1, -0.05) is 40.5 Å². The molecule has 19 heavy (non-hydrogen) atoms. The molecule has 0 aromatic heterocycles. The summed E-state index contributed by atoms with van der Waals surface area (Å²) in [4.78, 5) is 0. The van der Waals surface area contributed by atoms with Crippen molar-refractivity contribution < 1.29 is 4.74 Å². The van der Waals surface area contributed by atoms with Crippen LogP contribution >= 0.6 is 27.5 Å². The van der Waals surface area contributed by atoms with Gasteiger partial charge in [0.25, 0.3) is 0 Å². The van der Waals surface area contributed by atoms with Gasteiger partial charge >= 0.3 is 0 Å². The minimum atomic E-state index is 0.389. The van der Waals surface area contributed by atoms with Crippen molar-refractivity contribution in [2.75, 3.05) is 19.8 Å². The number of halogens is 2. The van der Waals surface area contributed by atoms with Crippen LogP contribution in [0.1, 0.15) is 37.8 Å². The summed E-state index contributed by atoms with van der Waals surface area (Å²) < 4.78 is 6.53. The van der Waals surface area contributed by atoms with E-state index in [-0.39, 0.29) is 0 Å². The highest BCUT2D eigenvalue weighted by atomic mass is 79.9. The molecular weight excluding hydrogens is 326 g/mol. The van der Waals surface area contributed by atoms with Crippen LogP contribution in [0.5, 0.6) is 0 Å². The largest absolute Gasteiger partial charge is 0.381 e. The van der Waals surface area contributed by atoms with Crippen molar-refractivity contribution in [2.24, 2.45) is 5.92 Å². The first-order valence-electron chi connectivity index (χ1n) is 6.96. The fourth-order valence-corrected chi connectivity index (χ4v) is 3.63. The molecule has 1 heterocycles. The van der Waals surface area contributed by atoms with Crippen LogP contribution in [-0.4, -0.2) is 19.8 Å². The molecule has 0 radical (unpaired) electrons. The summed E-state index contributed by atoms with van der Waals surface area (Å²) in [6.07, 6.45) is 3.51. The number of rotatable bonds is 5. The van der Waals surface area contributed by atoms with Crippen LogP contribution in [0.15, 0.2) is 22.7 Å². The topological polar surface area (TPSA) is 21.3 Å². The zero-order valence-electron chi connectivity index (χ0n) is 11.3. The first-order valence-corrected chi connectivity index (χ1v) is 8.14. The van der Waals surface area contributed by atoms with E-state index in [1.54, 1.807) is 0 Å². The highest BCUT2D eigenvalue weighted by Crippen LogP contribution is 2.32. The van der Waals surface area contributed by atoms with Crippen molar-refractivity contribution >= 4 is 27.5 Å². The Morgan fingerprint density at radius 1 is 1.42 bits per heavy atom. The third-order valence-corrected chi connectivity index (χ3v) is 4.62. The number of ether oxygens (including phenoxy) is 1. The van der Waals surface area contributed by atoms with Crippen molar-refractivity contribution in [3.8, 4) is 0 Å². The molecule has 0 bridgehead atoms. The van der Waals surface area contributed by atoms with Gasteiger partial charge in [-0.15, -0.1) is 0 Å². The molecule has 1 aliphatic rings. The first kappa shape index (κ1) is 15.3. The molecule has 0 amide bonds. The summed E-state index contributed by atoms with van der Waals surface area (Å²) in [6, 6.07) is 6.46. The zero-order valence-corrected chi connectivity index (χ0v) is 13.6. The lowest BCUT2D eigenvalue weighted by atomic mass is 9.89. The van der Waals surface area contributed by atoms with Crippen LogP contribution in [0, 0.1) is 5.92 Å². The smallest absolute Gasteiger partial charge is 0.0468 e. The molecule has 0 aliphatic carbocycles. The Hall–Kier alpha value is -0.0900. The second-order valence-electron chi connectivity index (χ2n) is 5.07. The monoisotopic (exact) mass is 345 g/mol. The Morgan fingerprint density at radius 2 is 2.16 bits per heavy atom. The maximum atomic E-state index is 6.02. The molecule has 2 rings (SSSR count). The average Bonchev–Trinajstić information content (AvgIpc) is 2.39. The van der Waals surface area contributed by atoms with Gasteiger partial charge in [-0.2, -0.15) is 0 Å². The molecule has 1 aromatic rings. The van der Waals surface area contributed by atoms with Gasteiger partial charge in [0.15, 0.2) is 0 Å². The van der Waals surface area contributed by atoms with Crippen molar-refractivity contribution in [1.82, 2.24) is 5.32 Å². The van der Waals surface area contributed by atoms with E-state index in [4.69, 9.17) is 16.3 Å². The quantitative estimate of drug-likeness (QED) is 0.843. The summed E-state index contributed by atoms with van der Waals surface area (Å²) in [7, 11) is 0. The number of hydrogen-bond donors (Lipinski definition) is 1. The van der Waals surface area contributed by atoms with Gasteiger partial charge in [0.1, 0.15) is 0 Å². The number of nitrogens with one attached hydrogen (secondary N) is 1. The predicted molar refractivity (Wildman–Crippen MR) is 83.7 cm³/mol. The van der Waals surface area contributed by atoms with Crippen LogP contribution in [0.25, 0.3) is 0 Å². The highest BCUT2D eigenvalue weighted by Gasteiger charge is 2.21. The lowest BCUT2D eigenvalue weighted by molar-refractivity contribution is 0.0605. The van der Waals surface area contributed by atoms with Crippen LogP contribution in [-0.2, 0) is 4.74 Å². The SMILES string of the molecule is CCNC(CC1CCOCC1)c1ccc(Cl)cc1Br. The second kappa shape index (κ2) is 7.63. The van der Waals surface area contributed by atoms with Crippen molar-refractivity contribution in [2.45, 2.75) is 32.2 Å². The Balaban J connectivity index is 2.09. The molecule has 1 N–H and O–H groups in total. The normalized spacial score (nSPS) is 18.5. The third kappa shape index (κ3) is 4.45. The lowest BCUT2D eigenvalue weighted by Crippen LogP contribution is -2.26. The molecule has 1 fully saturated rings. The van der Waals surface area contributed by atoms with Gasteiger partial charge in [-0.25, -0.2) is 0 Å². The molecule has 1 aromatic carbocycles. The summed E-state index contributed by atoms with van der Waals surface area (Å²) in [5.74, 6) is 0.750. The van der Waals surface area contributed by atoms with Gasteiger partial charge in [0.05, 0.1) is 0 Å². The van der Waals surface area contributed by atoms with Crippen molar-refractivity contribution in [3.63, 3.8) is 0 Å². The molecular formula is C15H21BrClNO. The number of hydrogen-bond acceptors (Lipinski definition) is 2. The first-order chi connectivity index (χ1) is 9.20. The molecule has 1 unspecified atom stereocenters. The van der Waals surface area contributed by atoms with Crippen LogP contribution in [0.4, 0.5) is 0 Å². The second-order valence-corrected chi connectivity index (χ2v) is 6.36. The standard InChI is InChI=1S/C15H21BrClNO/c1-2-18-15(9-11-5-7-19-8-6-11)13-4-3-12(17)10-14(13)16/h3-4,10-11,15,18H,2,5-9H2,1H3. The Kier molecular flexibility index (Phi) is 6.14. The minimum Gasteiger partial charge on any atom is -0.381 e. The van der Waals surface area contributed by atoms with Crippen LogP contribution in [0.3, 0.4) is 0 Å². The van der Waals surface area contributed by atoms with Crippen LogP contribution in [0.2, 0.25) is 5.02 Å². The molecule has 106 valence electrons. The van der Waals surface area contributed by atoms with Gasteiger partial charge < -0.3 is 10.1 Å². The van der Waals surface area contributed by atoms with E-state index in [0.29, 0.717) is 6.04 Å². The van der Waals surface area contributed by atoms with E-state index in [9.17, 15) is 0 Å². The van der Waals surface area contributed by atoms with Gasteiger partial charge in [-0.05, 0) is 49.4 Å². The average molecular weight is 347 g/mol. The predicted octanol–water partition coefficient (Wildman–Crippen LogP) is 4.57. The van der Waals surface area contributed by atoms with E-state index in [0.717, 1.165) is 41.6 Å². The van der Waals surface area contributed by atoms with Gasteiger partial charge in [0.2, 0.25) is 0 Å².